The Kier molecular flexibility index (Phi) is 6.71. The number of nitrogens with zero attached hydrogens (tertiary/aromatic N) is 5. The van der Waals surface area contributed by atoms with Gasteiger partial charge in [0.1, 0.15) is 22.3 Å². The van der Waals surface area contributed by atoms with Gasteiger partial charge in [0.2, 0.25) is 5.95 Å². The highest BCUT2D eigenvalue weighted by atomic mass is 16.3. The average Bonchev–Trinajstić information content (AvgIpc) is 4.08. The Hall–Kier alpha value is -8.55. The van der Waals surface area contributed by atoms with Gasteiger partial charge in [0.05, 0.1) is 33.1 Å². The molecule has 0 atom stereocenters. The summed E-state index contributed by atoms with van der Waals surface area (Å²) in [6.45, 7) is 0. The molecule has 0 radical (unpaired) electrons. The van der Waals surface area contributed by atoms with Gasteiger partial charge in [-0.1, -0.05) is 127 Å². The van der Waals surface area contributed by atoms with E-state index in [4.69, 9.17) is 23.8 Å². The maximum Gasteiger partial charge on any atom is 0.238 e. The van der Waals surface area contributed by atoms with Gasteiger partial charge in [-0.15, -0.1) is 0 Å². The summed E-state index contributed by atoms with van der Waals surface area (Å²) in [5.74, 6) is 1.59. The fourth-order valence-corrected chi connectivity index (χ4v) is 9.91. The molecule has 0 spiro atoms. The molecule has 7 nitrogen and oxygen atoms in total. The van der Waals surface area contributed by atoms with E-state index in [1.54, 1.807) is 0 Å². The van der Waals surface area contributed by atoms with Crippen LogP contribution in [0.15, 0.2) is 197 Å². The Balaban J connectivity index is 1.16. The molecular formula is C55H31N5O2. The summed E-state index contributed by atoms with van der Waals surface area (Å²) >= 11 is 0. The van der Waals surface area contributed by atoms with E-state index >= 15 is 0 Å². The first-order chi connectivity index (χ1) is 30.7. The van der Waals surface area contributed by atoms with E-state index < -0.39 is 0 Å². The summed E-state index contributed by atoms with van der Waals surface area (Å²) in [6.07, 6.45) is 0. The second kappa shape index (κ2) is 12.5. The summed E-state index contributed by atoms with van der Waals surface area (Å²) in [6, 6.07) is 65.5. The molecule has 0 amide bonds. The smallest absolute Gasteiger partial charge is 0.238 e. The van der Waals surface area contributed by atoms with Crippen LogP contribution in [0.25, 0.3) is 133 Å². The van der Waals surface area contributed by atoms with Gasteiger partial charge in [0, 0.05) is 48.8 Å². The van der Waals surface area contributed by atoms with Crippen LogP contribution in [0.5, 0.6) is 0 Å². The maximum absolute atomic E-state index is 6.65. The summed E-state index contributed by atoms with van der Waals surface area (Å²) in [4.78, 5) is 16.4. The number of fused-ring (bicyclic) bond motifs is 13. The van der Waals surface area contributed by atoms with Gasteiger partial charge < -0.3 is 13.4 Å². The van der Waals surface area contributed by atoms with Crippen LogP contribution in [0, 0.1) is 0 Å². The van der Waals surface area contributed by atoms with E-state index in [1.807, 2.05) is 42.5 Å². The molecule has 14 rings (SSSR count). The number of aromatic nitrogens is 5. The van der Waals surface area contributed by atoms with Crippen molar-refractivity contribution in [2.45, 2.75) is 0 Å². The molecule has 0 fully saturated rings. The van der Waals surface area contributed by atoms with Crippen molar-refractivity contribution >= 4 is 98.3 Å². The first-order valence-corrected chi connectivity index (χ1v) is 20.8. The maximum atomic E-state index is 6.65. The van der Waals surface area contributed by atoms with Crippen molar-refractivity contribution in [3.63, 3.8) is 0 Å². The zero-order valence-electron chi connectivity index (χ0n) is 33.0. The first-order valence-electron chi connectivity index (χ1n) is 20.8. The lowest BCUT2D eigenvalue weighted by Gasteiger charge is -2.17. The normalized spacial score (nSPS) is 12.2. The van der Waals surface area contributed by atoms with Crippen LogP contribution in [0.4, 0.5) is 0 Å². The predicted octanol–water partition coefficient (Wildman–Crippen LogP) is 14.4. The molecule has 0 saturated heterocycles. The van der Waals surface area contributed by atoms with Crippen LogP contribution in [-0.4, -0.2) is 24.1 Å². The van der Waals surface area contributed by atoms with Gasteiger partial charge in [-0.2, -0.15) is 9.97 Å². The van der Waals surface area contributed by atoms with Crippen LogP contribution in [0.2, 0.25) is 0 Å². The monoisotopic (exact) mass is 793 g/mol. The Morgan fingerprint density at radius 3 is 1.50 bits per heavy atom. The number of hydrogen-bond acceptors (Lipinski definition) is 5. The van der Waals surface area contributed by atoms with Gasteiger partial charge in [-0.3, -0.25) is 4.57 Å². The van der Waals surface area contributed by atoms with Crippen LogP contribution in [0.3, 0.4) is 0 Å². The molecule has 288 valence electrons. The van der Waals surface area contributed by atoms with E-state index in [2.05, 4.69) is 155 Å². The molecule has 5 heterocycles. The van der Waals surface area contributed by atoms with E-state index in [-0.39, 0.29) is 0 Å². The second-order valence-corrected chi connectivity index (χ2v) is 15.9. The topological polar surface area (TPSA) is 74.8 Å². The van der Waals surface area contributed by atoms with Crippen molar-refractivity contribution in [3.05, 3.63) is 188 Å². The number of rotatable bonds is 4. The number of benzene rings is 9. The van der Waals surface area contributed by atoms with Gasteiger partial charge in [0.25, 0.3) is 0 Å². The molecule has 0 unspecified atom stereocenters. The third kappa shape index (κ3) is 4.61. The van der Waals surface area contributed by atoms with Crippen molar-refractivity contribution in [3.8, 4) is 34.4 Å². The fraction of sp³-hybridized carbons (Fsp3) is 0. The van der Waals surface area contributed by atoms with Gasteiger partial charge >= 0.3 is 0 Å². The molecule has 0 aliphatic rings. The van der Waals surface area contributed by atoms with Crippen LogP contribution in [0.1, 0.15) is 0 Å². The minimum atomic E-state index is 0.517. The molecular weight excluding hydrogens is 763 g/mol. The zero-order chi connectivity index (χ0) is 40.5. The zero-order valence-corrected chi connectivity index (χ0v) is 33.0. The number of hydrogen-bond donors (Lipinski definition) is 0. The van der Waals surface area contributed by atoms with E-state index in [1.165, 1.54) is 5.39 Å². The lowest BCUT2D eigenvalue weighted by molar-refractivity contribution is 0.668. The fourth-order valence-electron chi connectivity index (χ4n) is 9.91. The summed E-state index contributed by atoms with van der Waals surface area (Å²) in [5.41, 5.74) is 9.98. The highest BCUT2D eigenvalue weighted by molar-refractivity contribution is 6.18. The molecule has 7 heteroatoms. The van der Waals surface area contributed by atoms with E-state index in [0.29, 0.717) is 17.6 Å². The van der Waals surface area contributed by atoms with Crippen molar-refractivity contribution in [1.82, 2.24) is 24.1 Å². The second-order valence-electron chi connectivity index (χ2n) is 15.9. The predicted molar refractivity (Wildman–Crippen MR) is 251 cm³/mol. The van der Waals surface area contributed by atoms with Crippen molar-refractivity contribution < 1.29 is 8.83 Å². The molecule has 0 aliphatic carbocycles. The van der Waals surface area contributed by atoms with Gasteiger partial charge in [0.15, 0.2) is 11.6 Å². The van der Waals surface area contributed by atoms with Crippen molar-refractivity contribution in [1.29, 1.82) is 0 Å². The lowest BCUT2D eigenvalue weighted by Crippen LogP contribution is -2.08. The molecule has 0 saturated carbocycles. The van der Waals surface area contributed by atoms with Gasteiger partial charge in [-0.25, -0.2) is 4.98 Å². The SMILES string of the molecule is c1ccc2cc3c(cc2c1)c1ccccc1n3-c1c(-c2nc(-c3cccc4oc5ccccc5c34)nc(-n3c4ccccc4c4ccccc43)n2)ccc2oc3ccccc3c12. The molecule has 0 N–H and O–H groups in total. The first kappa shape index (κ1) is 33.3. The molecule has 9 aromatic carbocycles. The highest BCUT2D eigenvalue weighted by Crippen LogP contribution is 2.45. The quantitative estimate of drug-likeness (QED) is 0.177. The third-order valence-electron chi connectivity index (χ3n) is 12.6. The summed E-state index contributed by atoms with van der Waals surface area (Å²) in [5, 5.41) is 10.9. The van der Waals surface area contributed by atoms with Gasteiger partial charge in [-0.05, 0) is 71.4 Å². The lowest BCUT2D eigenvalue weighted by atomic mass is 10.0. The molecule has 62 heavy (non-hydrogen) atoms. The van der Waals surface area contributed by atoms with E-state index in [0.717, 1.165) is 110 Å². The molecule has 0 bridgehead atoms. The van der Waals surface area contributed by atoms with Crippen LogP contribution in [-0.2, 0) is 0 Å². The summed E-state index contributed by atoms with van der Waals surface area (Å²) < 4.78 is 17.6. The Morgan fingerprint density at radius 1 is 0.323 bits per heavy atom. The largest absolute Gasteiger partial charge is 0.456 e. The summed E-state index contributed by atoms with van der Waals surface area (Å²) in [7, 11) is 0. The van der Waals surface area contributed by atoms with E-state index in [9.17, 15) is 0 Å². The minimum Gasteiger partial charge on any atom is -0.456 e. The van der Waals surface area contributed by atoms with Crippen molar-refractivity contribution in [2.75, 3.05) is 0 Å². The number of furan rings is 2. The minimum absolute atomic E-state index is 0.517. The molecule has 0 aliphatic heterocycles. The van der Waals surface area contributed by atoms with Crippen LogP contribution < -0.4 is 0 Å². The Bertz CT molecular complexity index is 4130. The highest BCUT2D eigenvalue weighted by Gasteiger charge is 2.26. The average molecular weight is 794 g/mol. The Morgan fingerprint density at radius 2 is 0.823 bits per heavy atom. The molecule has 5 aromatic heterocycles. The van der Waals surface area contributed by atoms with Crippen LogP contribution >= 0.6 is 0 Å². The number of para-hydroxylation sites is 5. The third-order valence-corrected chi connectivity index (χ3v) is 12.6. The molecule has 14 aromatic rings. The Labute approximate surface area is 352 Å². The van der Waals surface area contributed by atoms with Crippen molar-refractivity contribution in [2.24, 2.45) is 0 Å². The standard InChI is InChI=1S/C55H31N5O2/c1-2-15-33-31-45-41(30-32(33)14-1)36-18-5-8-22-42(36)59(45)52-40(28-29-49-51(52)38-20-7-12-26-47(38)62-49)54-56-53(39-21-13-27-48-50(39)37-19-6-11-25-46(37)61-48)57-55(58-54)60-43-23-9-3-16-34(43)35-17-4-10-24-44(35)60/h1-31H.